The summed E-state index contributed by atoms with van der Waals surface area (Å²) in [5, 5.41) is 0. The van der Waals surface area contributed by atoms with Crippen LogP contribution >= 0.6 is 0 Å². The minimum absolute atomic E-state index is 0.0110. The van der Waals surface area contributed by atoms with Crippen LogP contribution in [0.25, 0.3) is 0 Å². The predicted molar refractivity (Wildman–Crippen MR) is 97.7 cm³/mol. The molecule has 0 N–H and O–H groups in total. The third-order valence-corrected chi connectivity index (χ3v) is 6.32. The van der Waals surface area contributed by atoms with Gasteiger partial charge in [0.25, 0.3) is 5.91 Å². The van der Waals surface area contributed by atoms with Crippen molar-refractivity contribution in [2.75, 3.05) is 18.1 Å². The second-order valence-corrected chi connectivity index (χ2v) is 8.94. The number of carbonyl (C=O) groups excluding carboxylic acids is 1. The first-order chi connectivity index (χ1) is 12.3. The topological polar surface area (TPSA) is 76.8 Å². The van der Waals surface area contributed by atoms with Crippen molar-refractivity contribution in [3.8, 4) is 5.75 Å². The van der Waals surface area contributed by atoms with Gasteiger partial charge in [-0.3, -0.25) is 4.79 Å². The van der Waals surface area contributed by atoms with Gasteiger partial charge in [0.05, 0.1) is 24.3 Å². The SMILES string of the molecule is Cc1ccc(C)c(OCC(=O)N(Cc2ccco2)C2CCS(=O)(=O)C2)c1. The zero-order valence-corrected chi connectivity index (χ0v) is 15.8. The van der Waals surface area contributed by atoms with Gasteiger partial charge >= 0.3 is 0 Å². The van der Waals surface area contributed by atoms with Gasteiger partial charge in [-0.15, -0.1) is 0 Å². The standard InChI is InChI=1S/C19H23NO5S/c1-14-5-6-15(2)18(10-14)25-12-19(21)20(11-17-4-3-8-24-17)16-7-9-26(22,23)13-16/h3-6,8,10,16H,7,9,11-13H2,1-2H3. The molecule has 0 spiro atoms. The van der Waals surface area contributed by atoms with E-state index in [1.165, 1.54) is 6.26 Å². The molecule has 0 aliphatic carbocycles. The van der Waals surface area contributed by atoms with Gasteiger partial charge in [-0.1, -0.05) is 12.1 Å². The Hall–Kier alpha value is -2.28. The van der Waals surface area contributed by atoms with Gasteiger partial charge in [-0.05, 0) is 49.6 Å². The van der Waals surface area contributed by atoms with Crippen LogP contribution in [-0.4, -0.2) is 43.4 Å². The molecule has 1 saturated heterocycles. The number of ether oxygens (including phenoxy) is 1. The average Bonchev–Trinajstić information content (AvgIpc) is 3.22. The molecule has 1 fully saturated rings. The van der Waals surface area contributed by atoms with E-state index >= 15 is 0 Å². The Labute approximate surface area is 153 Å². The Morgan fingerprint density at radius 1 is 1.31 bits per heavy atom. The van der Waals surface area contributed by atoms with Crippen molar-refractivity contribution in [2.24, 2.45) is 0 Å². The molecule has 0 radical (unpaired) electrons. The van der Waals surface area contributed by atoms with E-state index in [0.29, 0.717) is 17.9 Å². The van der Waals surface area contributed by atoms with Gasteiger partial charge in [0, 0.05) is 6.04 Å². The Morgan fingerprint density at radius 3 is 2.77 bits per heavy atom. The normalized spacial score (nSPS) is 18.6. The number of benzene rings is 1. The van der Waals surface area contributed by atoms with Crippen LogP contribution in [-0.2, 0) is 21.2 Å². The monoisotopic (exact) mass is 377 g/mol. The molecular formula is C19H23NO5S. The lowest BCUT2D eigenvalue weighted by atomic mass is 10.1. The van der Waals surface area contributed by atoms with Gasteiger partial charge in [-0.2, -0.15) is 0 Å². The van der Waals surface area contributed by atoms with Crippen LogP contribution < -0.4 is 4.74 Å². The van der Waals surface area contributed by atoms with Gasteiger partial charge in [0.15, 0.2) is 16.4 Å². The largest absolute Gasteiger partial charge is 0.483 e. The minimum atomic E-state index is -3.10. The highest BCUT2D eigenvalue weighted by Crippen LogP contribution is 2.22. The van der Waals surface area contributed by atoms with Crippen LogP contribution in [0, 0.1) is 13.8 Å². The second kappa shape index (κ2) is 7.53. The predicted octanol–water partition coefficient (Wildman–Crippen LogP) is 2.49. The minimum Gasteiger partial charge on any atom is -0.483 e. The summed E-state index contributed by atoms with van der Waals surface area (Å²) < 4.78 is 34.7. The van der Waals surface area contributed by atoms with Gasteiger partial charge in [-0.25, -0.2) is 8.42 Å². The summed E-state index contributed by atoms with van der Waals surface area (Å²) in [6.07, 6.45) is 1.98. The fraction of sp³-hybridized carbons (Fsp3) is 0.421. The molecule has 140 valence electrons. The van der Waals surface area contributed by atoms with E-state index in [0.717, 1.165) is 11.1 Å². The van der Waals surface area contributed by atoms with E-state index < -0.39 is 9.84 Å². The first-order valence-electron chi connectivity index (χ1n) is 8.56. The lowest BCUT2D eigenvalue weighted by molar-refractivity contribution is -0.136. The molecule has 26 heavy (non-hydrogen) atoms. The maximum Gasteiger partial charge on any atom is 0.261 e. The molecule has 0 saturated carbocycles. The van der Waals surface area contributed by atoms with E-state index in [1.807, 2.05) is 32.0 Å². The summed E-state index contributed by atoms with van der Waals surface area (Å²) in [7, 11) is -3.10. The van der Waals surface area contributed by atoms with Crippen molar-refractivity contribution in [1.82, 2.24) is 4.90 Å². The Bertz CT molecular complexity index is 873. The summed E-state index contributed by atoms with van der Waals surface area (Å²) in [5.74, 6) is 1.13. The van der Waals surface area contributed by atoms with E-state index in [9.17, 15) is 13.2 Å². The second-order valence-electron chi connectivity index (χ2n) is 6.72. The van der Waals surface area contributed by atoms with Crippen molar-refractivity contribution in [1.29, 1.82) is 0 Å². The highest BCUT2D eigenvalue weighted by Gasteiger charge is 2.35. The van der Waals surface area contributed by atoms with Gasteiger partial charge in [0.2, 0.25) is 0 Å². The summed E-state index contributed by atoms with van der Waals surface area (Å²) >= 11 is 0. The molecule has 3 rings (SSSR count). The molecule has 1 aliphatic heterocycles. The third kappa shape index (κ3) is 4.46. The molecule has 1 amide bonds. The summed E-state index contributed by atoms with van der Waals surface area (Å²) in [6.45, 7) is 3.98. The molecule has 2 heterocycles. The number of nitrogens with zero attached hydrogens (tertiary/aromatic N) is 1. The number of amides is 1. The highest BCUT2D eigenvalue weighted by atomic mass is 32.2. The Morgan fingerprint density at radius 2 is 2.12 bits per heavy atom. The molecule has 1 aliphatic rings. The van der Waals surface area contributed by atoms with E-state index in [4.69, 9.17) is 9.15 Å². The molecule has 2 aromatic rings. The van der Waals surface area contributed by atoms with E-state index in [1.54, 1.807) is 17.0 Å². The fourth-order valence-electron chi connectivity index (χ4n) is 3.10. The smallest absolute Gasteiger partial charge is 0.261 e. The lowest BCUT2D eigenvalue weighted by Gasteiger charge is -2.27. The average molecular weight is 377 g/mol. The maximum atomic E-state index is 12.8. The highest BCUT2D eigenvalue weighted by molar-refractivity contribution is 7.91. The van der Waals surface area contributed by atoms with Crippen LogP contribution in [0.5, 0.6) is 5.75 Å². The summed E-state index contributed by atoms with van der Waals surface area (Å²) in [5.41, 5.74) is 2.00. The number of aryl methyl sites for hydroxylation is 2. The van der Waals surface area contributed by atoms with Crippen molar-refractivity contribution in [3.63, 3.8) is 0 Å². The fourth-order valence-corrected chi connectivity index (χ4v) is 4.83. The molecule has 1 unspecified atom stereocenters. The molecule has 1 atom stereocenters. The number of rotatable bonds is 6. The van der Waals surface area contributed by atoms with Crippen LogP contribution in [0.3, 0.4) is 0 Å². The molecule has 6 nitrogen and oxygen atoms in total. The van der Waals surface area contributed by atoms with Crippen molar-refractivity contribution in [2.45, 2.75) is 32.9 Å². The van der Waals surface area contributed by atoms with Crippen molar-refractivity contribution in [3.05, 3.63) is 53.5 Å². The van der Waals surface area contributed by atoms with Crippen LogP contribution in [0.15, 0.2) is 41.0 Å². The van der Waals surface area contributed by atoms with Crippen molar-refractivity contribution < 1.29 is 22.4 Å². The van der Waals surface area contributed by atoms with Crippen LogP contribution in [0.4, 0.5) is 0 Å². The molecule has 1 aromatic carbocycles. The lowest BCUT2D eigenvalue weighted by Crippen LogP contribution is -2.43. The zero-order valence-electron chi connectivity index (χ0n) is 15.0. The number of carbonyl (C=O) groups is 1. The zero-order chi connectivity index (χ0) is 18.7. The van der Waals surface area contributed by atoms with E-state index in [-0.39, 0.29) is 36.6 Å². The van der Waals surface area contributed by atoms with Gasteiger partial charge in [0.1, 0.15) is 11.5 Å². The summed E-state index contributed by atoms with van der Waals surface area (Å²) in [6, 6.07) is 8.99. The van der Waals surface area contributed by atoms with Crippen molar-refractivity contribution >= 4 is 15.7 Å². The number of hydrogen-bond acceptors (Lipinski definition) is 5. The molecule has 7 heteroatoms. The molecule has 0 bridgehead atoms. The quantitative estimate of drug-likeness (QED) is 0.773. The number of furan rings is 1. The third-order valence-electron chi connectivity index (χ3n) is 4.57. The first kappa shape index (κ1) is 18.5. The Balaban J connectivity index is 1.73. The first-order valence-corrected chi connectivity index (χ1v) is 10.4. The molecular weight excluding hydrogens is 354 g/mol. The number of sulfone groups is 1. The Kier molecular flexibility index (Phi) is 5.36. The number of hydrogen-bond donors (Lipinski definition) is 0. The maximum absolute atomic E-state index is 12.8. The van der Waals surface area contributed by atoms with Crippen LogP contribution in [0.1, 0.15) is 23.3 Å². The molecule has 1 aromatic heterocycles. The van der Waals surface area contributed by atoms with E-state index in [2.05, 4.69) is 0 Å². The summed E-state index contributed by atoms with van der Waals surface area (Å²) in [4.78, 5) is 14.4. The van der Waals surface area contributed by atoms with Gasteiger partial charge < -0.3 is 14.1 Å². The van der Waals surface area contributed by atoms with Crippen LogP contribution in [0.2, 0.25) is 0 Å².